The van der Waals surface area contributed by atoms with E-state index in [1.54, 1.807) is 11.3 Å². The van der Waals surface area contributed by atoms with Crippen LogP contribution >= 0.6 is 27.3 Å². The smallest absolute Gasteiger partial charge is 0.0680 e. The number of nitrogens with two attached hydrogens (primary N) is 1. The molecular weight excluding hydrogens is 298 g/mol. The number of halogens is 1. The monoisotopic (exact) mass is 311 g/mol. The molecule has 3 nitrogen and oxygen atoms in total. The molecule has 0 spiro atoms. The van der Waals surface area contributed by atoms with Crippen LogP contribution in [0.5, 0.6) is 0 Å². The van der Waals surface area contributed by atoms with Crippen molar-refractivity contribution < 1.29 is 0 Å². The van der Waals surface area contributed by atoms with Crippen LogP contribution in [0.15, 0.2) is 34.2 Å². The van der Waals surface area contributed by atoms with Gasteiger partial charge in [-0.15, -0.1) is 11.3 Å². The summed E-state index contributed by atoms with van der Waals surface area (Å²) in [6.07, 6.45) is 2.66. The lowest BCUT2D eigenvalue weighted by Crippen LogP contribution is -2.30. The van der Waals surface area contributed by atoms with Crippen LogP contribution in [0, 0.1) is 6.92 Å². The van der Waals surface area contributed by atoms with Gasteiger partial charge in [0.15, 0.2) is 0 Å². The number of rotatable bonds is 4. The van der Waals surface area contributed by atoms with Gasteiger partial charge in [-0.05, 0) is 52.0 Å². The Hall–Kier alpha value is -0.750. The zero-order chi connectivity index (χ0) is 12.3. The summed E-state index contributed by atoms with van der Waals surface area (Å²) in [6.45, 7) is 2.06. The molecule has 1 unspecified atom stereocenters. The van der Waals surface area contributed by atoms with E-state index in [9.17, 15) is 0 Å². The van der Waals surface area contributed by atoms with Crippen LogP contribution < -0.4 is 11.3 Å². The van der Waals surface area contributed by atoms with Gasteiger partial charge in [0.25, 0.3) is 0 Å². The second-order valence-corrected chi connectivity index (χ2v) is 5.73. The molecular formula is C12H14BrN3S. The van der Waals surface area contributed by atoms with E-state index in [0.29, 0.717) is 0 Å². The molecule has 0 bridgehead atoms. The number of nitrogens with one attached hydrogen (secondary N) is 1. The molecule has 0 radical (unpaired) electrons. The average Bonchev–Trinajstić information content (AvgIpc) is 2.71. The van der Waals surface area contributed by atoms with Crippen molar-refractivity contribution in [3.63, 3.8) is 0 Å². The molecule has 2 aromatic heterocycles. The maximum absolute atomic E-state index is 5.62. The molecule has 0 fully saturated rings. The van der Waals surface area contributed by atoms with Crippen molar-refractivity contribution >= 4 is 27.3 Å². The van der Waals surface area contributed by atoms with E-state index >= 15 is 0 Å². The second kappa shape index (κ2) is 5.73. The van der Waals surface area contributed by atoms with Gasteiger partial charge in [-0.25, -0.2) is 0 Å². The molecule has 0 aliphatic carbocycles. The molecule has 2 heterocycles. The van der Waals surface area contributed by atoms with Crippen molar-refractivity contribution in [2.75, 3.05) is 0 Å². The van der Waals surface area contributed by atoms with E-state index in [4.69, 9.17) is 5.84 Å². The second-order valence-electron chi connectivity index (χ2n) is 3.87. The average molecular weight is 312 g/mol. The van der Waals surface area contributed by atoms with Gasteiger partial charge in [0, 0.05) is 22.0 Å². The van der Waals surface area contributed by atoms with Gasteiger partial charge in [0.2, 0.25) is 0 Å². The van der Waals surface area contributed by atoms with E-state index < -0.39 is 0 Å². The number of aromatic nitrogens is 1. The summed E-state index contributed by atoms with van der Waals surface area (Å²) in [5.41, 5.74) is 5.01. The van der Waals surface area contributed by atoms with Crippen molar-refractivity contribution in [1.82, 2.24) is 10.4 Å². The number of nitrogens with zero attached hydrogens (tertiary/aromatic N) is 1. The quantitative estimate of drug-likeness (QED) is 0.674. The molecule has 0 aliphatic heterocycles. The lowest BCUT2D eigenvalue weighted by atomic mass is 10.1. The Kier molecular flexibility index (Phi) is 4.28. The van der Waals surface area contributed by atoms with Crippen molar-refractivity contribution in [2.24, 2.45) is 5.84 Å². The predicted octanol–water partition coefficient (Wildman–Crippen LogP) is 2.96. The SMILES string of the molecule is Cc1ccnc(C(Cc2sccc2Br)NN)c1. The number of aryl methyl sites for hydroxylation is 1. The molecule has 2 rings (SSSR count). The number of hydrazine groups is 1. The van der Waals surface area contributed by atoms with Crippen LogP contribution in [0.3, 0.4) is 0 Å². The van der Waals surface area contributed by atoms with Gasteiger partial charge >= 0.3 is 0 Å². The lowest BCUT2D eigenvalue weighted by Gasteiger charge is -2.15. The molecule has 0 saturated carbocycles. The fraction of sp³-hybridized carbons (Fsp3) is 0.250. The maximum atomic E-state index is 5.62. The third kappa shape index (κ3) is 3.13. The highest BCUT2D eigenvalue weighted by molar-refractivity contribution is 9.10. The summed E-state index contributed by atoms with van der Waals surface area (Å²) in [5, 5.41) is 2.07. The third-order valence-electron chi connectivity index (χ3n) is 2.58. The van der Waals surface area contributed by atoms with Crippen LogP contribution in [0.1, 0.15) is 22.2 Å². The highest BCUT2D eigenvalue weighted by atomic mass is 79.9. The molecule has 2 aromatic rings. The summed E-state index contributed by atoms with van der Waals surface area (Å²) < 4.78 is 1.13. The van der Waals surface area contributed by atoms with Crippen LogP contribution in [-0.2, 0) is 6.42 Å². The molecule has 0 amide bonds. The molecule has 0 aliphatic rings. The van der Waals surface area contributed by atoms with Crippen molar-refractivity contribution in [3.8, 4) is 0 Å². The van der Waals surface area contributed by atoms with E-state index in [-0.39, 0.29) is 6.04 Å². The van der Waals surface area contributed by atoms with E-state index in [1.807, 2.05) is 12.3 Å². The van der Waals surface area contributed by atoms with E-state index in [2.05, 4.69) is 50.8 Å². The first-order valence-electron chi connectivity index (χ1n) is 5.31. The Balaban J connectivity index is 2.20. The molecule has 5 heteroatoms. The molecule has 3 N–H and O–H groups in total. The Morgan fingerprint density at radius 1 is 1.53 bits per heavy atom. The number of hydrogen-bond acceptors (Lipinski definition) is 4. The summed E-state index contributed by atoms with van der Waals surface area (Å²) in [5.74, 6) is 5.62. The first kappa shape index (κ1) is 12.7. The minimum atomic E-state index is 0.0462. The Morgan fingerprint density at radius 2 is 2.35 bits per heavy atom. The molecule has 17 heavy (non-hydrogen) atoms. The first-order chi connectivity index (χ1) is 8.20. The van der Waals surface area contributed by atoms with Gasteiger partial charge in [-0.1, -0.05) is 0 Å². The highest BCUT2D eigenvalue weighted by Crippen LogP contribution is 2.27. The van der Waals surface area contributed by atoms with Crippen LogP contribution in [0.25, 0.3) is 0 Å². The van der Waals surface area contributed by atoms with E-state index in [0.717, 1.165) is 16.6 Å². The first-order valence-corrected chi connectivity index (χ1v) is 6.98. The van der Waals surface area contributed by atoms with Gasteiger partial charge in [-0.2, -0.15) is 0 Å². The van der Waals surface area contributed by atoms with Gasteiger partial charge in [-0.3, -0.25) is 16.3 Å². The summed E-state index contributed by atoms with van der Waals surface area (Å²) in [4.78, 5) is 5.64. The molecule has 90 valence electrons. The zero-order valence-corrected chi connectivity index (χ0v) is 11.9. The molecule has 0 aromatic carbocycles. The molecule has 0 saturated heterocycles. The van der Waals surface area contributed by atoms with Gasteiger partial charge in [0.05, 0.1) is 11.7 Å². The Bertz CT molecular complexity index is 498. The van der Waals surface area contributed by atoms with Crippen molar-refractivity contribution in [2.45, 2.75) is 19.4 Å². The third-order valence-corrected chi connectivity index (χ3v) is 4.52. The fourth-order valence-electron chi connectivity index (χ4n) is 1.66. The summed E-state index contributed by atoms with van der Waals surface area (Å²) in [7, 11) is 0. The largest absolute Gasteiger partial charge is 0.271 e. The maximum Gasteiger partial charge on any atom is 0.0680 e. The van der Waals surface area contributed by atoms with E-state index in [1.165, 1.54) is 10.4 Å². The number of pyridine rings is 1. The minimum Gasteiger partial charge on any atom is -0.271 e. The summed E-state index contributed by atoms with van der Waals surface area (Å²) in [6, 6.07) is 6.14. The topological polar surface area (TPSA) is 50.9 Å². The van der Waals surface area contributed by atoms with Crippen molar-refractivity contribution in [3.05, 3.63) is 50.4 Å². The predicted molar refractivity (Wildman–Crippen MR) is 74.8 cm³/mol. The van der Waals surface area contributed by atoms with Crippen LogP contribution in [0.2, 0.25) is 0 Å². The summed E-state index contributed by atoms with van der Waals surface area (Å²) >= 11 is 5.25. The lowest BCUT2D eigenvalue weighted by molar-refractivity contribution is 0.541. The Morgan fingerprint density at radius 3 is 2.94 bits per heavy atom. The van der Waals surface area contributed by atoms with Crippen molar-refractivity contribution in [1.29, 1.82) is 0 Å². The minimum absolute atomic E-state index is 0.0462. The highest BCUT2D eigenvalue weighted by Gasteiger charge is 2.14. The standard InChI is InChI=1S/C12H14BrN3S/c1-8-2-4-15-10(6-8)11(16-14)7-12-9(13)3-5-17-12/h2-6,11,16H,7,14H2,1H3. The zero-order valence-electron chi connectivity index (χ0n) is 9.48. The van der Waals surface area contributed by atoms with Gasteiger partial charge in [0.1, 0.15) is 0 Å². The van der Waals surface area contributed by atoms with Crippen LogP contribution in [0.4, 0.5) is 0 Å². The molecule has 1 atom stereocenters. The normalized spacial score (nSPS) is 12.6. The fourth-order valence-corrected chi connectivity index (χ4v) is 3.22. The number of thiophene rings is 1. The Labute approximate surface area is 113 Å². The van der Waals surface area contributed by atoms with Gasteiger partial charge < -0.3 is 0 Å². The van der Waals surface area contributed by atoms with Crippen LogP contribution in [-0.4, -0.2) is 4.98 Å². The number of hydrogen-bond donors (Lipinski definition) is 2.